The van der Waals surface area contributed by atoms with E-state index in [1.54, 1.807) is 6.20 Å². The molecule has 0 radical (unpaired) electrons. The quantitative estimate of drug-likeness (QED) is 0.698. The van der Waals surface area contributed by atoms with Crippen LogP contribution in [0.5, 0.6) is 0 Å². The highest BCUT2D eigenvalue weighted by Gasteiger charge is 2.16. The minimum atomic E-state index is 0. The highest BCUT2D eigenvalue weighted by atomic mass is 14.8. The molecule has 0 fully saturated rings. The van der Waals surface area contributed by atoms with Crippen molar-refractivity contribution < 1.29 is 0 Å². The Morgan fingerprint density at radius 1 is 1.11 bits per heavy atom. The van der Waals surface area contributed by atoms with Crippen molar-refractivity contribution in [1.82, 2.24) is 11.1 Å². The van der Waals surface area contributed by atoms with Gasteiger partial charge in [0.1, 0.15) is 5.82 Å². The molecule has 1 aromatic heterocycles. The fourth-order valence-corrected chi connectivity index (χ4v) is 1.05. The fourth-order valence-electron chi connectivity index (χ4n) is 1.05. The van der Waals surface area contributed by atoms with Crippen molar-refractivity contribution in [3.63, 3.8) is 0 Å². The van der Waals surface area contributed by atoms with Gasteiger partial charge in [0.2, 0.25) is 0 Å². The first-order valence-electron chi connectivity index (χ1n) is 6.46. The van der Waals surface area contributed by atoms with Gasteiger partial charge in [-0.05, 0) is 23.0 Å². The first-order chi connectivity index (χ1) is 7.75. The van der Waals surface area contributed by atoms with E-state index < -0.39 is 0 Å². The summed E-state index contributed by atoms with van der Waals surface area (Å²) in [5.41, 5.74) is 6.90. The molecule has 5 N–H and O–H groups in total. The number of anilines is 1. The van der Waals surface area contributed by atoms with Crippen LogP contribution in [0.15, 0.2) is 18.3 Å². The first-order valence-corrected chi connectivity index (χ1v) is 6.46. The molecule has 1 rings (SSSR count). The third-order valence-electron chi connectivity index (χ3n) is 1.65. The molecule has 0 spiro atoms. The first kappa shape index (κ1) is 22.1. The summed E-state index contributed by atoms with van der Waals surface area (Å²) in [5.74, 6) is 1.47. The predicted molar refractivity (Wildman–Crippen MR) is 84.2 cm³/mol. The van der Waals surface area contributed by atoms with Crippen molar-refractivity contribution in [1.29, 1.82) is 0 Å². The molecule has 0 amide bonds. The summed E-state index contributed by atoms with van der Waals surface area (Å²) in [6.07, 6.45) is 1.71. The topological polar surface area (TPSA) is 73.9 Å². The van der Waals surface area contributed by atoms with Crippen LogP contribution >= 0.6 is 0 Å². The molecule has 0 saturated carbocycles. The third-order valence-corrected chi connectivity index (χ3v) is 1.65. The standard InChI is InChI=1S/C9H14N2.C4H10.C2H6.H3N/c1-9(2,3)7-5-4-6-11-8(7)10;1-4(2)3;1-2;/h4-6H,1-3H3,(H2,10,11);4H,1-3H3;1-2H3;1H3. The molecule has 0 aliphatic rings. The highest BCUT2D eigenvalue weighted by Crippen LogP contribution is 2.25. The summed E-state index contributed by atoms with van der Waals surface area (Å²) >= 11 is 0. The number of nitrogen functional groups attached to an aromatic ring is 1. The Kier molecular flexibility index (Phi) is 13.6. The third kappa shape index (κ3) is 11.4. The van der Waals surface area contributed by atoms with Crippen molar-refractivity contribution in [3.05, 3.63) is 23.9 Å². The molecule has 3 nitrogen and oxygen atoms in total. The summed E-state index contributed by atoms with van der Waals surface area (Å²) in [7, 11) is 0. The smallest absolute Gasteiger partial charge is 0.127 e. The van der Waals surface area contributed by atoms with Crippen molar-refractivity contribution in [2.45, 2.75) is 60.8 Å². The van der Waals surface area contributed by atoms with Gasteiger partial charge in [-0.2, -0.15) is 0 Å². The maximum absolute atomic E-state index is 5.70. The number of hydrogen-bond acceptors (Lipinski definition) is 3. The second-order valence-corrected chi connectivity index (χ2v) is 5.42. The number of nitrogens with two attached hydrogens (primary N) is 1. The van der Waals surface area contributed by atoms with Gasteiger partial charge in [-0.1, -0.05) is 61.5 Å². The van der Waals surface area contributed by atoms with E-state index in [0.717, 1.165) is 11.5 Å². The summed E-state index contributed by atoms with van der Waals surface area (Å²) in [6, 6.07) is 3.93. The summed E-state index contributed by atoms with van der Waals surface area (Å²) in [4.78, 5) is 4.02. The maximum atomic E-state index is 5.70. The Hall–Kier alpha value is -1.09. The van der Waals surface area contributed by atoms with Gasteiger partial charge < -0.3 is 11.9 Å². The molecular formula is C15H33N3. The highest BCUT2D eigenvalue weighted by molar-refractivity contribution is 5.42. The van der Waals surface area contributed by atoms with Gasteiger partial charge in [0.05, 0.1) is 0 Å². The van der Waals surface area contributed by atoms with Crippen molar-refractivity contribution in [2.75, 3.05) is 5.73 Å². The lowest BCUT2D eigenvalue weighted by atomic mass is 9.87. The maximum Gasteiger partial charge on any atom is 0.127 e. The normalized spacial score (nSPS) is 9.39. The Labute approximate surface area is 114 Å². The summed E-state index contributed by atoms with van der Waals surface area (Å²) in [5, 5.41) is 0. The second-order valence-electron chi connectivity index (χ2n) is 5.42. The molecule has 0 unspecified atom stereocenters. The zero-order valence-electron chi connectivity index (χ0n) is 13.5. The Morgan fingerprint density at radius 2 is 1.50 bits per heavy atom. The van der Waals surface area contributed by atoms with Gasteiger partial charge in [0, 0.05) is 6.20 Å². The molecule has 0 aliphatic heterocycles. The minimum absolute atomic E-state index is 0. The van der Waals surface area contributed by atoms with Crippen molar-refractivity contribution >= 4 is 5.82 Å². The Morgan fingerprint density at radius 3 is 1.72 bits per heavy atom. The number of aromatic nitrogens is 1. The van der Waals surface area contributed by atoms with Crippen molar-refractivity contribution in [2.24, 2.45) is 5.92 Å². The minimum Gasteiger partial charge on any atom is -0.383 e. The van der Waals surface area contributed by atoms with E-state index in [0.29, 0.717) is 5.82 Å². The lowest BCUT2D eigenvalue weighted by molar-refractivity contribution is 0.590. The van der Waals surface area contributed by atoms with Crippen LogP contribution in [0.4, 0.5) is 5.82 Å². The van der Waals surface area contributed by atoms with E-state index >= 15 is 0 Å². The predicted octanol–water partition coefficient (Wildman–Crippen LogP) is 4.81. The van der Waals surface area contributed by atoms with Gasteiger partial charge in [0.25, 0.3) is 0 Å². The molecule has 1 heterocycles. The number of hydrogen-bond donors (Lipinski definition) is 2. The average molecular weight is 255 g/mol. The fraction of sp³-hybridized carbons (Fsp3) is 0.667. The molecule has 0 aromatic carbocycles. The van der Waals surface area contributed by atoms with Crippen LogP contribution in [-0.4, -0.2) is 4.98 Å². The molecule has 0 bridgehead atoms. The molecule has 0 saturated heterocycles. The van der Waals surface area contributed by atoms with Crippen LogP contribution in [0.1, 0.15) is 61.0 Å². The second kappa shape index (κ2) is 11.0. The van der Waals surface area contributed by atoms with Crippen LogP contribution in [0.2, 0.25) is 0 Å². The van der Waals surface area contributed by atoms with E-state index in [9.17, 15) is 0 Å². The van der Waals surface area contributed by atoms with Crippen LogP contribution in [0, 0.1) is 5.92 Å². The summed E-state index contributed by atoms with van der Waals surface area (Å²) < 4.78 is 0. The van der Waals surface area contributed by atoms with Crippen LogP contribution in [0.3, 0.4) is 0 Å². The molecule has 18 heavy (non-hydrogen) atoms. The Balaban J connectivity index is -0.000000277. The van der Waals surface area contributed by atoms with Gasteiger partial charge in [0.15, 0.2) is 0 Å². The number of rotatable bonds is 0. The van der Waals surface area contributed by atoms with Gasteiger partial charge in [-0.3, -0.25) is 0 Å². The molecular weight excluding hydrogens is 222 g/mol. The van der Waals surface area contributed by atoms with E-state index in [1.165, 1.54) is 0 Å². The van der Waals surface area contributed by atoms with Crippen LogP contribution in [0.25, 0.3) is 0 Å². The molecule has 1 aromatic rings. The monoisotopic (exact) mass is 255 g/mol. The zero-order chi connectivity index (χ0) is 14.1. The van der Waals surface area contributed by atoms with E-state index in [-0.39, 0.29) is 11.6 Å². The zero-order valence-corrected chi connectivity index (χ0v) is 13.5. The summed E-state index contributed by atoms with van der Waals surface area (Å²) in [6.45, 7) is 16.9. The number of pyridine rings is 1. The molecule has 0 atom stereocenters. The number of nitrogens with zero attached hydrogens (tertiary/aromatic N) is 1. The van der Waals surface area contributed by atoms with Crippen LogP contribution in [-0.2, 0) is 5.41 Å². The molecule has 108 valence electrons. The average Bonchev–Trinajstić information content (AvgIpc) is 2.19. The lowest BCUT2D eigenvalue weighted by Crippen LogP contribution is -2.14. The Bertz CT molecular complexity index is 285. The SMILES string of the molecule is CC.CC(C)(C)c1cccnc1N.CC(C)C.N. The van der Waals surface area contributed by atoms with Gasteiger partial charge in [-0.15, -0.1) is 0 Å². The largest absolute Gasteiger partial charge is 0.383 e. The van der Waals surface area contributed by atoms with E-state index in [1.807, 2.05) is 26.0 Å². The molecule has 0 aliphatic carbocycles. The lowest BCUT2D eigenvalue weighted by Gasteiger charge is -2.19. The van der Waals surface area contributed by atoms with Gasteiger partial charge in [-0.25, -0.2) is 4.98 Å². The van der Waals surface area contributed by atoms with Gasteiger partial charge >= 0.3 is 0 Å². The van der Waals surface area contributed by atoms with Crippen molar-refractivity contribution in [3.8, 4) is 0 Å². The van der Waals surface area contributed by atoms with Crippen LogP contribution < -0.4 is 11.9 Å². The van der Waals surface area contributed by atoms with E-state index in [2.05, 4.69) is 46.5 Å². The molecule has 3 heteroatoms. The van der Waals surface area contributed by atoms with E-state index in [4.69, 9.17) is 5.73 Å².